The Hall–Kier alpha value is -1.63. The molecule has 0 spiro atoms. The molecule has 0 amide bonds. The summed E-state index contributed by atoms with van der Waals surface area (Å²) in [4.78, 5) is -0.219. The second kappa shape index (κ2) is 3.69. The normalized spacial score (nSPS) is 18.2. The lowest BCUT2D eigenvalue weighted by Crippen LogP contribution is -2.06. The lowest BCUT2D eigenvalue weighted by atomic mass is 10.1. The van der Waals surface area contributed by atoms with E-state index < -0.39 is 21.8 Å². The third kappa shape index (κ3) is 2.23. The summed E-state index contributed by atoms with van der Waals surface area (Å²) in [5, 5.41) is 0. The molecule has 0 bridgehead atoms. The van der Waals surface area contributed by atoms with E-state index in [0.717, 1.165) is 24.4 Å². The van der Waals surface area contributed by atoms with Crippen LogP contribution in [-0.4, -0.2) is 14.6 Å². The molecule has 0 aromatic heterocycles. The number of hydrogen-bond acceptors (Lipinski definition) is 2. The highest BCUT2D eigenvalue weighted by atomic mass is 32.2. The smallest absolute Gasteiger partial charge is 0.199 e. The van der Waals surface area contributed by atoms with Crippen LogP contribution in [0.25, 0.3) is 4.91 Å². The van der Waals surface area contributed by atoms with Gasteiger partial charge in [0.1, 0.15) is 0 Å². The third-order valence-electron chi connectivity index (χ3n) is 2.18. The van der Waals surface area contributed by atoms with Gasteiger partial charge in [0.25, 0.3) is 10.0 Å². The van der Waals surface area contributed by atoms with E-state index in [1.165, 1.54) is 12.1 Å². The summed E-state index contributed by atoms with van der Waals surface area (Å²) in [6.07, 6.45) is -2.28. The van der Waals surface area contributed by atoms with Crippen LogP contribution in [0.15, 0.2) is 34.7 Å². The summed E-state index contributed by atoms with van der Waals surface area (Å²) in [7, 11) is -3.84. The first kappa shape index (κ1) is 11.8. The van der Waals surface area contributed by atoms with Gasteiger partial charge in [-0.1, -0.05) is 12.1 Å². The fraction of sp³-hybridized carbons (Fsp3) is 0.100. The van der Waals surface area contributed by atoms with Gasteiger partial charge in [0, 0.05) is 6.21 Å². The van der Waals surface area contributed by atoms with Crippen molar-refractivity contribution in [2.75, 3.05) is 0 Å². The molecule has 0 aliphatic carbocycles. The molecule has 3 nitrogen and oxygen atoms in total. The third-order valence-corrected chi connectivity index (χ3v) is 3.50. The summed E-state index contributed by atoms with van der Waals surface area (Å²) in [6, 6.07) is 4.13. The van der Waals surface area contributed by atoms with Crippen molar-refractivity contribution in [1.82, 2.24) is 0 Å². The van der Waals surface area contributed by atoms with Gasteiger partial charge in [-0.15, -0.1) is 0 Å². The van der Waals surface area contributed by atoms with E-state index in [0.29, 0.717) is 0 Å². The van der Waals surface area contributed by atoms with Gasteiger partial charge in [0.2, 0.25) is 0 Å². The molecular weight excluding hydrogens is 255 g/mol. The molecule has 0 atom stereocenters. The highest BCUT2D eigenvalue weighted by Gasteiger charge is 2.31. The summed E-state index contributed by atoms with van der Waals surface area (Å²) in [6.45, 7) is 0. The molecule has 0 saturated heterocycles. The molecule has 7 heteroatoms. The largest absolute Gasteiger partial charge is 0.416 e. The highest BCUT2D eigenvalue weighted by Crippen LogP contribution is 2.33. The average Bonchev–Trinajstić information content (AvgIpc) is 2.57. The predicted molar refractivity (Wildman–Crippen MR) is 56.8 cm³/mol. The summed E-state index contributed by atoms with van der Waals surface area (Å²) in [5.41, 5.74) is -0.907. The topological polar surface area (TPSA) is 46.5 Å². The minimum Gasteiger partial charge on any atom is -0.199 e. The Labute approximate surface area is 95.3 Å². The number of rotatable bonds is 1. The van der Waals surface area contributed by atoms with E-state index >= 15 is 0 Å². The predicted octanol–water partition coefficient (Wildman–Crippen LogP) is 2.46. The van der Waals surface area contributed by atoms with Crippen LogP contribution in [0.4, 0.5) is 13.2 Å². The van der Waals surface area contributed by atoms with Crippen LogP contribution < -0.4 is 0 Å². The summed E-state index contributed by atoms with van der Waals surface area (Å²) < 4.78 is 63.3. The molecule has 0 fully saturated rings. The molecule has 1 aromatic rings. The lowest BCUT2D eigenvalue weighted by Gasteiger charge is -2.08. The zero-order valence-corrected chi connectivity index (χ0v) is 9.09. The van der Waals surface area contributed by atoms with E-state index in [1.54, 1.807) is 0 Å². The maximum absolute atomic E-state index is 12.4. The van der Waals surface area contributed by atoms with E-state index in [9.17, 15) is 21.6 Å². The number of nitrogens with zero attached hydrogens (tertiary/aromatic N) is 1. The molecule has 0 N–H and O–H groups in total. The minimum absolute atomic E-state index is 0.0164. The first-order chi connectivity index (χ1) is 7.81. The zero-order chi connectivity index (χ0) is 12.7. The SMILES string of the molecule is O=S1(=O)N=CC=C1c1cccc(C(F)(F)F)c1. The maximum atomic E-state index is 12.4. The quantitative estimate of drug-likeness (QED) is 0.779. The van der Waals surface area contributed by atoms with Gasteiger partial charge in [-0.25, -0.2) is 0 Å². The Morgan fingerprint density at radius 2 is 1.88 bits per heavy atom. The van der Waals surface area contributed by atoms with E-state index in [4.69, 9.17) is 0 Å². The molecule has 0 radical (unpaired) electrons. The van der Waals surface area contributed by atoms with Crippen molar-refractivity contribution >= 4 is 21.1 Å². The molecule has 17 heavy (non-hydrogen) atoms. The Morgan fingerprint density at radius 3 is 2.41 bits per heavy atom. The Bertz CT molecular complexity index is 615. The van der Waals surface area contributed by atoms with Crippen molar-refractivity contribution < 1.29 is 21.6 Å². The number of sulfonamides is 1. The molecule has 0 unspecified atom stereocenters. The van der Waals surface area contributed by atoms with E-state index in [1.807, 2.05) is 0 Å². The van der Waals surface area contributed by atoms with Gasteiger partial charge in [-0.2, -0.15) is 26.0 Å². The molecule has 1 heterocycles. The first-order valence-corrected chi connectivity index (χ1v) is 5.93. The Morgan fingerprint density at radius 1 is 1.18 bits per heavy atom. The van der Waals surface area contributed by atoms with Crippen molar-refractivity contribution in [1.29, 1.82) is 0 Å². The molecular formula is C10H6F3NO2S. The second-order valence-corrected chi connectivity index (χ2v) is 4.94. The van der Waals surface area contributed by atoms with Gasteiger partial charge in [-0.3, -0.25) is 0 Å². The number of halogens is 3. The van der Waals surface area contributed by atoms with Gasteiger partial charge in [0.05, 0.1) is 10.5 Å². The van der Waals surface area contributed by atoms with Crippen molar-refractivity contribution in [2.45, 2.75) is 6.18 Å². The summed E-state index contributed by atoms with van der Waals surface area (Å²) >= 11 is 0. The van der Waals surface area contributed by atoms with Crippen molar-refractivity contribution in [3.8, 4) is 0 Å². The minimum atomic E-state index is -4.50. The van der Waals surface area contributed by atoms with Crippen LogP contribution in [0.3, 0.4) is 0 Å². The van der Waals surface area contributed by atoms with Gasteiger partial charge < -0.3 is 0 Å². The van der Waals surface area contributed by atoms with E-state index in [2.05, 4.69) is 4.40 Å². The van der Waals surface area contributed by atoms with Crippen LogP contribution in [-0.2, 0) is 16.2 Å². The average molecular weight is 261 g/mol. The van der Waals surface area contributed by atoms with Crippen LogP contribution >= 0.6 is 0 Å². The molecule has 2 rings (SSSR count). The van der Waals surface area contributed by atoms with Crippen LogP contribution in [0.2, 0.25) is 0 Å². The number of hydrogen-bond donors (Lipinski definition) is 0. The number of benzene rings is 1. The summed E-state index contributed by atoms with van der Waals surface area (Å²) in [5.74, 6) is 0. The van der Waals surface area contributed by atoms with Crippen molar-refractivity contribution in [3.05, 3.63) is 41.5 Å². The molecule has 1 aliphatic rings. The Kier molecular flexibility index (Phi) is 2.57. The van der Waals surface area contributed by atoms with Crippen molar-refractivity contribution in [3.63, 3.8) is 0 Å². The van der Waals surface area contributed by atoms with Crippen LogP contribution in [0.1, 0.15) is 11.1 Å². The monoisotopic (exact) mass is 261 g/mol. The molecule has 90 valence electrons. The van der Waals surface area contributed by atoms with Crippen LogP contribution in [0.5, 0.6) is 0 Å². The maximum Gasteiger partial charge on any atom is 0.416 e. The standard InChI is InChI=1S/C10H6F3NO2S/c11-10(12,13)8-3-1-2-7(6-8)9-4-5-14-17(9,15)16/h1-6H. The number of alkyl halides is 3. The van der Waals surface area contributed by atoms with Crippen molar-refractivity contribution in [2.24, 2.45) is 4.40 Å². The number of allylic oxidation sites excluding steroid dienone is 1. The van der Waals surface area contributed by atoms with Gasteiger partial charge >= 0.3 is 6.18 Å². The molecule has 1 aromatic carbocycles. The molecule has 0 saturated carbocycles. The molecule has 1 aliphatic heterocycles. The fourth-order valence-electron chi connectivity index (χ4n) is 1.41. The zero-order valence-electron chi connectivity index (χ0n) is 8.27. The van der Waals surface area contributed by atoms with E-state index in [-0.39, 0.29) is 10.5 Å². The lowest BCUT2D eigenvalue weighted by molar-refractivity contribution is -0.137. The second-order valence-electron chi connectivity index (χ2n) is 3.34. The highest BCUT2D eigenvalue weighted by molar-refractivity contribution is 8.00. The van der Waals surface area contributed by atoms with Crippen LogP contribution in [0, 0.1) is 0 Å². The van der Waals surface area contributed by atoms with Gasteiger partial charge in [-0.05, 0) is 23.8 Å². The fourth-order valence-corrected chi connectivity index (χ4v) is 2.41. The Balaban J connectivity index is 2.50. The van der Waals surface area contributed by atoms with Gasteiger partial charge in [0.15, 0.2) is 0 Å². The first-order valence-electron chi connectivity index (χ1n) is 4.49.